The Kier molecular flexibility index (Phi) is 5.12. The lowest BCUT2D eigenvalue weighted by Crippen LogP contribution is -2.33. The highest BCUT2D eigenvalue weighted by Crippen LogP contribution is 2.28. The number of halogens is 3. The molecule has 0 heterocycles. The van der Waals surface area contributed by atoms with Crippen LogP contribution in [0.5, 0.6) is 0 Å². The van der Waals surface area contributed by atoms with Gasteiger partial charge >= 0.3 is 0 Å². The Hall–Kier alpha value is -1.06. The Balaban J connectivity index is 3.35. The maximum atomic E-state index is 14.2. The molecule has 1 aromatic carbocycles. The van der Waals surface area contributed by atoms with Gasteiger partial charge in [-0.1, -0.05) is 20.8 Å². The SMILES string of the molecule is CC(C)(C)CNC(=O)c1c(F)cc(Br)c(S(N)(=O)=O)c1F. The molecule has 21 heavy (non-hydrogen) atoms. The van der Waals surface area contributed by atoms with Gasteiger partial charge < -0.3 is 5.32 Å². The van der Waals surface area contributed by atoms with Gasteiger partial charge in [0.2, 0.25) is 10.0 Å². The third-order valence-corrected chi connectivity index (χ3v) is 4.27. The molecule has 3 N–H and O–H groups in total. The smallest absolute Gasteiger partial charge is 0.257 e. The molecule has 1 amide bonds. The number of primary sulfonamides is 1. The standard InChI is InChI=1S/C12H15BrF2N2O3S/c1-12(2,3)5-17-11(18)8-7(14)4-6(13)10(9(8)15)21(16,19)20/h4H,5H2,1-3H3,(H,17,18)(H2,16,19,20). The van der Waals surface area contributed by atoms with Crippen molar-refractivity contribution in [1.82, 2.24) is 5.32 Å². The normalized spacial score (nSPS) is 12.3. The van der Waals surface area contributed by atoms with Crippen LogP contribution in [0.25, 0.3) is 0 Å². The fourth-order valence-electron chi connectivity index (χ4n) is 1.47. The maximum Gasteiger partial charge on any atom is 0.257 e. The van der Waals surface area contributed by atoms with Gasteiger partial charge in [0.1, 0.15) is 16.3 Å². The van der Waals surface area contributed by atoms with Gasteiger partial charge in [-0.2, -0.15) is 0 Å². The summed E-state index contributed by atoms with van der Waals surface area (Å²) in [5.41, 5.74) is -1.28. The fourth-order valence-corrected chi connectivity index (χ4v) is 3.21. The zero-order valence-electron chi connectivity index (χ0n) is 11.6. The van der Waals surface area contributed by atoms with Gasteiger partial charge in [0.25, 0.3) is 5.91 Å². The Morgan fingerprint density at radius 1 is 1.38 bits per heavy atom. The van der Waals surface area contributed by atoms with Crippen LogP contribution >= 0.6 is 15.9 Å². The van der Waals surface area contributed by atoms with E-state index in [4.69, 9.17) is 5.14 Å². The zero-order chi connectivity index (χ0) is 16.6. The van der Waals surface area contributed by atoms with E-state index in [9.17, 15) is 22.0 Å². The van der Waals surface area contributed by atoms with Gasteiger partial charge in [-0.15, -0.1) is 0 Å². The summed E-state index contributed by atoms with van der Waals surface area (Å²) in [4.78, 5) is 10.9. The monoisotopic (exact) mass is 384 g/mol. The average molecular weight is 385 g/mol. The van der Waals surface area contributed by atoms with Crippen LogP contribution in [0, 0.1) is 17.0 Å². The van der Waals surface area contributed by atoms with Crippen molar-refractivity contribution in [1.29, 1.82) is 0 Å². The van der Waals surface area contributed by atoms with Gasteiger partial charge in [-0.25, -0.2) is 22.3 Å². The lowest BCUT2D eigenvalue weighted by atomic mass is 9.97. The number of rotatable bonds is 3. The molecule has 5 nitrogen and oxygen atoms in total. The molecule has 9 heteroatoms. The molecular weight excluding hydrogens is 370 g/mol. The molecule has 1 rings (SSSR count). The van der Waals surface area contributed by atoms with E-state index in [2.05, 4.69) is 21.2 Å². The van der Waals surface area contributed by atoms with Gasteiger partial charge in [0, 0.05) is 11.0 Å². The minimum absolute atomic E-state index is 0.158. The predicted molar refractivity (Wildman–Crippen MR) is 77.2 cm³/mol. The van der Waals surface area contributed by atoms with Crippen LogP contribution in [0.1, 0.15) is 31.1 Å². The molecule has 0 saturated heterocycles. The van der Waals surface area contributed by atoms with Crippen LogP contribution in [-0.2, 0) is 10.0 Å². The summed E-state index contributed by atoms with van der Waals surface area (Å²) < 4.78 is 50.2. The highest BCUT2D eigenvalue weighted by atomic mass is 79.9. The quantitative estimate of drug-likeness (QED) is 0.836. The van der Waals surface area contributed by atoms with Crippen molar-refractivity contribution < 1.29 is 22.0 Å². The number of carbonyl (C=O) groups is 1. The van der Waals surface area contributed by atoms with Crippen molar-refractivity contribution in [3.05, 3.63) is 27.7 Å². The molecule has 1 aromatic rings. The van der Waals surface area contributed by atoms with Crippen LogP contribution in [0.3, 0.4) is 0 Å². The van der Waals surface area contributed by atoms with Crippen molar-refractivity contribution in [3.8, 4) is 0 Å². The number of nitrogens with one attached hydrogen (secondary N) is 1. The molecule has 0 unspecified atom stereocenters. The number of benzene rings is 1. The molecule has 0 fully saturated rings. The Morgan fingerprint density at radius 3 is 2.33 bits per heavy atom. The first-order valence-electron chi connectivity index (χ1n) is 5.83. The maximum absolute atomic E-state index is 14.2. The van der Waals surface area contributed by atoms with E-state index in [0.29, 0.717) is 6.07 Å². The molecule has 118 valence electrons. The number of hydrogen-bond acceptors (Lipinski definition) is 3. The first-order chi connectivity index (χ1) is 9.34. The molecule has 0 aliphatic rings. The number of carbonyl (C=O) groups excluding carboxylic acids is 1. The lowest BCUT2D eigenvalue weighted by molar-refractivity contribution is 0.0930. The van der Waals surface area contributed by atoms with Gasteiger partial charge in [-0.05, 0) is 27.4 Å². The van der Waals surface area contributed by atoms with Crippen molar-refractivity contribution in [3.63, 3.8) is 0 Å². The Labute approximate surface area is 130 Å². The van der Waals surface area contributed by atoms with Gasteiger partial charge in [-0.3, -0.25) is 4.79 Å². The second-order valence-corrected chi connectivity index (χ2v) is 8.00. The summed E-state index contributed by atoms with van der Waals surface area (Å²) >= 11 is 2.72. The predicted octanol–water partition coefficient (Wildman–Crippen LogP) is 2.15. The summed E-state index contributed by atoms with van der Waals surface area (Å²) in [6, 6.07) is 0.689. The molecule has 0 aliphatic heterocycles. The van der Waals surface area contributed by atoms with E-state index < -0.39 is 38.0 Å². The number of sulfonamides is 1. The second kappa shape index (κ2) is 5.98. The minimum Gasteiger partial charge on any atom is -0.351 e. The zero-order valence-corrected chi connectivity index (χ0v) is 14.0. The number of hydrogen-bond donors (Lipinski definition) is 2. The van der Waals surface area contributed by atoms with E-state index >= 15 is 0 Å². The highest BCUT2D eigenvalue weighted by Gasteiger charge is 2.28. The van der Waals surface area contributed by atoms with E-state index in [-0.39, 0.29) is 16.4 Å². The van der Waals surface area contributed by atoms with Crippen LogP contribution in [0.15, 0.2) is 15.4 Å². The fraction of sp³-hybridized carbons (Fsp3) is 0.417. The summed E-state index contributed by atoms with van der Waals surface area (Å²) in [6.45, 7) is 5.61. The Morgan fingerprint density at radius 2 is 1.90 bits per heavy atom. The van der Waals surface area contributed by atoms with Crippen molar-refractivity contribution in [2.75, 3.05) is 6.54 Å². The van der Waals surface area contributed by atoms with Crippen LogP contribution in [0.4, 0.5) is 8.78 Å². The summed E-state index contributed by atoms with van der Waals surface area (Å²) in [6.07, 6.45) is 0. The number of amides is 1. The van der Waals surface area contributed by atoms with Crippen molar-refractivity contribution in [2.24, 2.45) is 10.6 Å². The summed E-state index contributed by atoms with van der Waals surface area (Å²) in [7, 11) is -4.45. The molecule has 0 radical (unpaired) electrons. The summed E-state index contributed by atoms with van der Waals surface area (Å²) in [5.74, 6) is -3.74. The third-order valence-electron chi connectivity index (χ3n) is 2.42. The topological polar surface area (TPSA) is 89.3 Å². The van der Waals surface area contributed by atoms with Gasteiger partial charge in [0.05, 0.1) is 0 Å². The van der Waals surface area contributed by atoms with E-state index in [1.165, 1.54) is 0 Å². The van der Waals surface area contributed by atoms with Crippen LogP contribution < -0.4 is 10.5 Å². The molecule has 0 bridgehead atoms. The Bertz CT molecular complexity index is 685. The summed E-state index contributed by atoms with van der Waals surface area (Å²) in [5, 5.41) is 7.22. The molecule has 0 saturated carbocycles. The average Bonchev–Trinajstić information content (AvgIpc) is 2.22. The first kappa shape index (κ1) is 18.0. The lowest BCUT2D eigenvalue weighted by Gasteiger charge is -2.19. The third kappa shape index (κ3) is 4.45. The molecule has 0 spiro atoms. The van der Waals surface area contributed by atoms with E-state index in [0.717, 1.165) is 0 Å². The van der Waals surface area contributed by atoms with E-state index in [1.807, 2.05) is 20.8 Å². The van der Waals surface area contributed by atoms with Crippen LogP contribution in [-0.4, -0.2) is 20.9 Å². The molecule has 0 aliphatic carbocycles. The number of nitrogens with two attached hydrogens (primary N) is 1. The van der Waals surface area contributed by atoms with Crippen LogP contribution in [0.2, 0.25) is 0 Å². The van der Waals surface area contributed by atoms with Crippen molar-refractivity contribution in [2.45, 2.75) is 25.7 Å². The molecule has 0 aromatic heterocycles. The second-order valence-electron chi connectivity index (χ2n) is 5.65. The molecule has 0 atom stereocenters. The first-order valence-corrected chi connectivity index (χ1v) is 8.17. The van der Waals surface area contributed by atoms with E-state index in [1.54, 1.807) is 0 Å². The van der Waals surface area contributed by atoms with Gasteiger partial charge in [0.15, 0.2) is 5.82 Å². The highest BCUT2D eigenvalue weighted by molar-refractivity contribution is 9.10. The molecular formula is C12H15BrF2N2O3S. The minimum atomic E-state index is -4.45. The largest absolute Gasteiger partial charge is 0.351 e. The van der Waals surface area contributed by atoms with Crippen molar-refractivity contribution >= 4 is 31.9 Å².